The molecule has 2 aliphatic heterocycles. The lowest BCUT2D eigenvalue weighted by Crippen LogP contribution is -2.55. The number of carboxylic acids is 1. The van der Waals surface area contributed by atoms with E-state index in [4.69, 9.17) is 4.74 Å². The molecule has 0 spiro atoms. The third-order valence-corrected chi connectivity index (χ3v) is 7.05. The van der Waals surface area contributed by atoms with Crippen LogP contribution in [0.3, 0.4) is 0 Å². The van der Waals surface area contributed by atoms with Crippen molar-refractivity contribution in [2.45, 2.75) is 17.4 Å². The summed E-state index contributed by atoms with van der Waals surface area (Å²) >= 11 is 1.16. The third-order valence-electron chi connectivity index (χ3n) is 4.88. The average Bonchev–Trinajstić information content (AvgIpc) is 3.30. The van der Waals surface area contributed by atoms with E-state index in [-0.39, 0.29) is 16.6 Å². The summed E-state index contributed by atoms with van der Waals surface area (Å²) < 4.78 is 32.3. The lowest BCUT2D eigenvalue weighted by Gasteiger charge is -2.40. The molecular weight excluding hydrogens is 394 g/mol. The number of fused-ring (bicyclic) bond motifs is 1. The average molecular weight is 409 g/mol. The third kappa shape index (κ3) is 2.97. The van der Waals surface area contributed by atoms with E-state index in [9.17, 15) is 23.1 Å². The highest BCUT2D eigenvalue weighted by Crippen LogP contribution is 2.55. The molecule has 1 aromatic heterocycles. The van der Waals surface area contributed by atoms with E-state index in [1.165, 1.54) is 30.5 Å². The molecule has 1 amide bonds. The van der Waals surface area contributed by atoms with Gasteiger partial charge in [0.2, 0.25) is 5.91 Å². The van der Waals surface area contributed by atoms with E-state index in [1.54, 1.807) is 5.38 Å². The van der Waals surface area contributed by atoms with Gasteiger partial charge in [-0.15, -0.1) is 11.3 Å². The maximum absolute atomic E-state index is 12.6. The normalized spacial score (nSPS) is 26.2. The second-order valence-electron chi connectivity index (χ2n) is 6.45. The minimum atomic E-state index is -3.78. The molecule has 142 valence electrons. The summed E-state index contributed by atoms with van der Waals surface area (Å²) in [5, 5.41) is 13.9. The molecule has 1 saturated carbocycles. The van der Waals surface area contributed by atoms with Crippen LogP contribution in [-0.4, -0.2) is 43.1 Å². The predicted octanol–water partition coefficient (Wildman–Crippen LogP) is 1.37. The number of ether oxygens (including phenoxy) is 1. The van der Waals surface area contributed by atoms with Gasteiger partial charge in [-0.25, -0.2) is 13.4 Å². The van der Waals surface area contributed by atoms with Crippen LogP contribution in [0.25, 0.3) is 0 Å². The van der Waals surface area contributed by atoms with Gasteiger partial charge in [0.1, 0.15) is 0 Å². The zero-order valence-corrected chi connectivity index (χ0v) is 15.4. The van der Waals surface area contributed by atoms with Crippen molar-refractivity contribution in [2.24, 2.45) is 11.3 Å². The largest absolute Gasteiger partial charge is 0.481 e. The number of aliphatic carboxylic acids is 1. The van der Waals surface area contributed by atoms with Gasteiger partial charge in [0.15, 0.2) is 5.13 Å². The first-order valence-electron chi connectivity index (χ1n) is 8.00. The van der Waals surface area contributed by atoms with Crippen LogP contribution in [0, 0.1) is 11.3 Å². The molecule has 5 rings (SSSR count). The highest BCUT2D eigenvalue weighted by atomic mass is 32.2. The zero-order valence-electron chi connectivity index (χ0n) is 13.8. The molecule has 3 fully saturated rings. The van der Waals surface area contributed by atoms with Crippen LogP contribution in [0.1, 0.15) is 6.42 Å². The smallest absolute Gasteiger partial charge is 0.310 e. The molecule has 2 saturated heterocycles. The number of sulfonamides is 1. The number of thiazole rings is 1. The number of anilines is 2. The number of benzene rings is 1. The standard InChI is InChI=1S/C16H15N3O6S2/c20-13(21)12-11-7-16(12,8-25-11)14(22)18-9-1-3-10(4-2-9)27(23,24)19-15-17-5-6-26-15/h1-6,11-12H,7-8H2,(H,17,19)(H,18,22)(H,20,21)/t11-,12+,16+/m1/s1. The van der Waals surface area contributed by atoms with Gasteiger partial charge in [-0.3, -0.25) is 14.3 Å². The van der Waals surface area contributed by atoms with E-state index in [0.29, 0.717) is 12.1 Å². The molecule has 1 aliphatic carbocycles. The minimum absolute atomic E-state index is 0.0187. The second kappa shape index (κ2) is 6.29. The maximum Gasteiger partial charge on any atom is 0.310 e. The Morgan fingerprint density at radius 2 is 2.04 bits per heavy atom. The first kappa shape index (κ1) is 17.9. The Morgan fingerprint density at radius 3 is 2.63 bits per heavy atom. The number of carboxylic acid groups (broad SMARTS) is 1. The molecule has 11 heteroatoms. The van der Waals surface area contributed by atoms with Crippen LogP contribution in [0.15, 0.2) is 40.7 Å². The molecule has 9 nitrogen and oxygen atoms in total. The molecule has 0 unspecified atom stereocenters. The van der Waals surface area contributed by atoms with E-state index in [0.717, 1.165) is 11.3 Å². The number of nitrogens with zero attached hydrogens (tertiary/aromatic N) is 1. The van der Waals surface area contributed by atoms with E-state index >= 15 is 0 Å². The van der Waals surface area contributed by atoms with Gasteiger partial charge in [0.05, 0.1) is 28.9 Å². The highest BCUT2D eigenvalue weighted by Gasteiger charge is 2.68. The Labute approximate surface area is 158 Å². The first-order chi connectivity index (χ1) is 12.8. The Kier molecular flexibility index (Phi) is 4.17. The van der Waals surface area contributed by atoms with Gasteiger partial charge in [0, 0.05) is 17.3 Å². The van der Waals surface area contributed by atoms with E-state index in [2.05, 4.69) is 15.0 Å². The van der Waals surface area contributed by atoms with Crippen molar-refractivity contribution in [1.29, 1.82) is 0 Å². The molecule has 27 heavy (non-hydrogen) atoms. The molecule has 0 radical (unpaired) electrons. The molecular formula is C16H15N3O6S2. The number of nitrogens with one attached hydrogen (secondary N) is 2. The zero-order chi connectivity index (χ0) is 19.2. The van der Waals surface area contributed by atoms with E-state index < -0.39 is 39.3 Å². The Hall–Kier alpha value is -2.50. The number of carbonyl (C=O) groups is 2. The van der Waals surface area contributed by atoms with Gasteiger partial charge < -0.3 is 15.2 Å². The van der Waals surface area contributed by atoms with Crippen molar-refractivity contribution in [1.82, 2.24) is 4.98 Å². The summed E-state index contributed by atoms with van der Waals surface area (Å²) in [6, 6.07) is 5.61. The van der Waals surface area contributed by atoms with Crippen molar-refractivity contribution in [3.63, 3.8) is 0 Å². The van der Waals surface area contributed by atoms with Crippen molar-refractivity contribution in [3.8, 4) is 0 Å². The van der Waals surface area contributed by atoms with Crippen molar-refractivity contribution in [2.75, 3.05) is 16.6 Å². The molecule has 3 atom stereocenters. The number of carbonyl (C=O) groups excluding carboxylic acids is 1. The van der Waals surface area contributed by atoms with Gasteiger partial charge in [-0.2, -0.15) is 0 Å². The summed E-state index contributed by atoms with van der Waals surface area (Å²) in [4.78, 5) is 27.8. The Morgan fingerprint density at radius 1 is 1.30 bits per heavy atom. The van der Waals surface area contributed by atoms with E-state index in [1.807, 2.05) is 0 Å². The number of amides is 1. The summed E-state index contributed by atoms with van der Waals surface area (Å²) in [6.07, 6.45) is 1.44. The number of hydrogen-bond acceptors (Lipinski definition) is 7. The lowest BCUT2D eigenvalue weighted by molar-refractivity contribution is -0.158. The van der Waals surface area contributed by atoms with Gasteiger partial charge in [-0.1, -0.05) is 0 Å². The quantitative estimate of drug-likeness (QED) is 0.656. The van der Waals surface area contributed by atoms with Crippen molar-refractivity contribution >= 4 is 44.1 Å². The van der Waals surface area contributed by atoms with Crippen LogP contribution in [0.2, 0.25) is 0 Å². The molecule has 2 bridgehead atoms. The monoisotopic (exact) mass is 409 g/mol. The fraction of sp³-hybridized carbons (Fsp3) is 0.312. The van der Waals surface area contributed by atoms with Crippen LogP contribution >= 0.6 is 11.3 Å². The summed E-state index contributed by atoms with van der Waals surface area (Å²) in [5.41, 5.74) is -0.685. The fourth-order valence-corrected chi connectivity index (χ4v) is 5.26. The number of rotatable bonds is 6. The Balaban J connectivity index is 1.47. The summed E-state index contributed by atoms with van der Waals surface area (Å²) in [5.74, 6) is -2.33. The minimum Gasteiger partial charge on any atom is -0.481 e. The maximum atomic E-state index is 12.6. The fourth-order valence-electron chi connectivity index (χ4n) is 3.47. The number of aromatic nitrogens is 1. The summed E-state index contributed by atoms with van der Waals surface area (Å²) in [7, 11) is -3.78. The molecule has 2 aromatic rings. The SMILES string of the molecule is O=C(O)[C@@H]1[C@H]2C[C@]1(C(=O)Nc1ccc(S(=O)(=O)Nc3nccs3)cc1)CO2. The van der Waals surface area contributed by atoms with Crippen LogP contribution in [0.4, 0.5) is 10.8 Å². The lowest BCUT2D eigenvalue weighted by atomic mass is 9.60. The van der Waals surface area contributed by atoms with Crippen LogP contribution in [0.5, 0.6) is 0 Å². The highest BCUT2D eigenvalue weighted by molar-refractivity contribution is 7.93. The van der Waals surface area contributed by atoms with Gasteiger partial charge in [0.25, 0.3) is 10.0 Å². The first-order valence-corrected chi connectivity index (χ1v) is 10.4. The molecule has 3 heterocycles. The molecule has 1 aromatic carbocycles. The van der Waals surface area contributed by atoms with Crippen molar-refractivity contribution in [3.05, 3.63) is 35.8 Å². The van der Waals surface area contributed by atoms with Gasteiger partial charge in [-0.05, 0) is 30.7 Å². The van der Waals surface area contributed by atoms with Crippen molar-refractivity contribution < 1.29 is 27.9 Å². The number of hydrogen-bond donors (Lipinski definition) is 3. The second-order valence-corrected chi connectivity index (χ2v) is 9.02. The molecule has 3 N–H and O–H groups in total. The van der Waals surface area contributed by atoms with Gasteiger partial charge >= 0.3 is 5.97 Å². The van der Waals surface area contributed by atoms with Crippen LogP contribution in [-0.2, 0) is 24.3 Å². The summed E-state index contributed by atoms with van der Waals surface area (Å²) in [6.45, 7) is 0.0741. The topological polar surface area (TPSA) is 135 Å². The van der Waals surface area contributed by atoms with Crippen LogP contribution < -0.4 is 10.0 Å². The Bertz CT molecular complexity index is 986. The molecule has 3 aliphatic rings. The predicted molar refractivity (Wildman–Crippen MR) is 95.9 cm³/mol.